The molecule has 1 rings (SSSR count). The number of piperazine rings is 1. The molecule has 1 N–H and O–H groups in total. The first-order valence-electron chi connectivity index (χ1n) is 6.66. The van der Waals surface area contributed by atoms with Crippen LogP contribution in [-0.2, 0) is 14.3 Å². The van der Waals surface area contributed by atoms with Crippen molar-refractivity contribution in [2.75, 3.05) is 13.7 Å². The Morgan fingerprint density at radius 1 is 1.37 bits per heavy atom. The number of rotatable bonds is 3. The molecule has 0 bridgehead atoms. The minimum Gasteiger partial charge on any atom is -0.383 e. The number of nitrogens with zero attached hydrogens (tertiary/aromatic N) is 1. The fourth-order valence-electron chi connectivity index (χ4n) is 2.56. The Balaban J connectivity index is 3.14. The predicted molar refractivity (Wildman–Crippen MR) is 73.6 cm³/mol. The van der Waals surface area contributed by atoms with Crippen molar-refractivity contribution >= 4 is 11.8 Å². The van der Waals surface area contributed by atoms with Crippen molar-refractivity contribution < 1.29 is 14.3 Å². The zero-order valence-electron chi connectivity index (χ0n) is 13.0. The van der Waals surface area contributed by atoms with Gasteiger partial charge in [0.2, 0.25) is 11.8 Å². The van der Waals surface area contributed by atoms with Crippen molar-refractivity contribution in [3.8, 4) is 0 Å². The van der Waals surface area contributed by atoms with Crippen molar-refractivity contribution in [3.05, 3.63) is 0 Å². The molecule has 0 aromatic heterocycles. The molecule has 2 atom stereocenters. The molecule has 2 amide bonds. The van der Waals surface area contributed by atoms with Gasteiger partial charge in [-0.05, 0) is 26.2 Å². The summed E-state index contributed by atoms with van der Waals surface area (Å²) in [6.45, 7) is 11.7. The quantitative estimate of drug-likeness (QED) is 0.837. The molecule has 1 aliphatic heterocycles. The van der Waals surface area contributed by atoms with E-state index in [2.05, 4.69) is 5.32 Å². The normalized spacial score (nSPS) is 25.2. The third-order valence-corrected chi connectivity index (χ3v) is 3.63. The smallest absolute Gasteiger partial charge is 0.246 e. The first-order chi connectivity index (χ1) is 8.53. The summed E-state index contributed by atoms with van der Waals surface area (Å²) in [4.78, 5) is 26.7. The van der Waals surface area contributed by atoms with Crippen LogP contribution in [0.5, 0.6) is 0 Å². The Morgan fingerprint density at radius 3 is 2.32 bits per heavy atom. The van der Waals surface area contributed by atoms with E-state index >= 15 is 0 Å². The molecular weight excluding hydrogens is 244 g/mol. The van der Waals surface area contributed by atoms with E-state index in [0.717, 1.165) is 0 Å². The minimum atomic E-state index is -0.850. The lowest BCUT2D eigenvalue weighted by Gasteiger charge is -2.49. The monoisotopic (exact) mass is 270 g/mol. The van der Waals surface area contributed by atoms with Crippen LogP contribution < -0.4 is 5.32 Å². The Kier molecular flexibility index (Phi) is 4.30. The number of nitrogens with one attached hydrogen (secondary N) is 1. The van der Waals surface area contributed by atoms with E-state index in [1.54, 1.807) is 25.9 Å². The lowest BCUT2D eigenvalue weighted by Crippen LogP contribution is -2.72. The van der Waals surface area contributed by atoms with Crippen LogP contribution in [0.3, 0.4) is 0 Å². The number of carbonyl (C=O) groups is 2. The molecule has 0 aromatic rings. The van der Waals surface area contributed by atoms with Gasteiger partial charge in [0.1, 0.15) is 11.6 Å². The van der Waals surface area contributed by atoms with Crippen LogP contribution in [0.2, 0.25) is 0 Å². The van der Waals surface area contributed by atoms with Crippen LogP contribution in [0, 0.1) is 5.41 Å². The average molecular weight is 270 g/mol. The van der Waals surface area contributed by atoms with Gasteiger partial charge in [0.25, 0.3) is 0 Å². The maximum atomic E-state index is 12.7. The van der Waals surface area contributed by atoms with Gasteiger partial charge < -0.3 is 15.0 Å². The number of carbonyl (C=O) groups excluding carboxylic acids is 2. The molecular formula is C14H26N2O3. The highest BCUT2D eigenvalue weighted by atomic mass is 16.5. The van der Waals surface area contributed by atoms with Crippen molar-refractivity contribution in [2.24, 2.45) is 5.41 Å². The standard InChI is InChI=1S/C14H26N2O3/c1-9(8-19-7)16-11(17)10(13(2,3)4)15-12(18)14(16,5)6/h9-10H,8H2,1-7H3,(H,15,18). The highest BCUT2D eigenvalue weighted by Crippen LogP contribution is 2.30. The summed E-state index contributed by atoms with van der Waals surface area (Å²) in [6, 6.07) is -0.629. The Hall–Kier alpha value is -1.10. The van der Waals surface area contributed by atoms with Gasteiger partial charge in [-0.3, -0.25) is 9.59 Å². The molecule has 1 fully saturated rings. The molecule has 0 aliphatic carbocycles. The van der Waals surface area contributed by atoms with Crippen LogP contribution in [-0.4, -0.2) is 48.1 Å². The maximum absolute atomic E-state index is 12.7. The molecule has 19 heavy (non-hydrogen) atoms. The van der Waals surface area contributed by atoms with E-state index in [1.807, 2.05) is 27.7 Å². The van der Waals surface area contributed by atoms with Gasteiger partial charge in [-0.2, -0.15) is 0 Å². The Labute approximate surface area is 115 Å². The number of amides is 2. The summed E-state index contributed by atoms with van der Waals surface area (Å²) >= 11 is 0. The minimum absolute atomic E-state index is 0.0401. The molecule has 5 heteroatoms. The average Bonchev–Trinajstić information content (AvgIpc) is 2.22. The predicted octanol–water partition coefficient (Wildman–Crippen LogP) is 1.17. The van der Waals surface area contributed by atoms with E-state index in [4.69, 9.17) is 4.74 Å². The van der Waals surface area contributed by atoms with Crippen molar-refractivity contribution in [2.45, 2.75) is 59.2 Å². The van der Waals surface area contributed by atoms with Crippen molar-refractivity contribution in [3.63, 3.8) is 0 Å². The first-order valence-corrected chi connectivity index (χ1v) is 6.66. The molecule has 1 aliphatic rings. The second-order valence-corrected chi connectivity index (χ2v) is 6.84. The van der Waals surface area contributed by atoms with Crippen molar-refractivity contribution in [1.29, 1.82) is 0 Å². The molecule has 0 spiro atoms. The fraction of sp³-hybridized carbons (Fsp3) is 0.857. The third-order valence-electron chi connectivity index (χ3n) is 3.63. The SMILES string of the molecule is COCC(C)N1C(=O)C(C(C)(C)C)NC(=O)C1(C)C. The van der Waals surface area contributed by atoms with Crippen LogP contribution in [0.1, 0.15) is 41.5 Å². The summed E-state index contributed by atoms with van der Waals surface area (Å²) in [5, 5.41) is 2.85. The van der Waals surface area contributed by atoms with Crippen LogP contribution in [0.4, 0.5) is 0 Å². The second-order valence-electron chi connectivity index (χ2n) is 6.84. The second kappa shape index (κ2) is 5.12. The highest BCUT2D eigenvalue weighted by Gasteiger charge is 2.51. The highest BCUT2D eigenvalue weighted by molar-refractivity contribution is 5.99. The van der Waals surface area contributed by atoms with Crippen LogP contribution in [0.15, 0.2) is 0 Å². The van der Waals surface area contributed by atoms with Gasteiger partial charge in [0.15, 0.2) is 0 Å². The number of methoxy groups -OCH3 is 1. The van der Waals surface area contributed by atoms with Crippen molar-refractivity contribution in [1.82, 2.24) is 10.2 Å². The van der Waals surface area contributed by atoms with Gasteiger partial charge in [-0.1, -0.05) is 20.8 Å². The number of ether oxygens (including phenoxy) is 1. The molecule has 5 nitrogen and oxygen atoms in total. The van der Waals surface area contributed by atoms with Crippen LogP contribution in [0.25, 0.3) is 0 Å². The van der Waals surface area contributed by atoms with Gasteiger partial charge in [-0.25, -0.2) is 0 Å². The van der Waals surface area contributed by atoms with E-state index in [9.17, 15) is 9.59 Å². The first kappa shape index (κ1) is 16.0. The Bertz CT molecular complexity index is 371. The summed E-state index contributed by atoms with van der Waals surface area (Å²) < 4.78 is 5.13. The number of hydrogen-bond donors (Lipinski definition) is 1. The molecule has 0 radical (unpaired) electrons. The summed E-state index contributed by atoms with van der Waals surface area (Å²) in [6.07, 6.45) is 0. The third kappa shape index (κ3) is 2.91. The maximum Gasteiger partial charge on any atom is 0.246 e. The Morgan fingerprint density at radius 2 is 1.89 bits per heavy atom. The van der Waals surface area contributed by atoms with E-state index in [0.29, 0.717) is 6.61 Å². The van der Waals surface area contributed by atoms with Gasteiger partial charge in [0.05, 0.1) is 12.6 Å². The number of hydrogen-bond acceptors (Lipinski definition) is 3. The zero-order valence-corrected chi connectivity index (χ0v) is 13.0. The van der Waals surface area contributed by atoms with Gasteiger partial charge in [0, 0.05) is 7.11 Å². The van der Waals surface area contributed by atoms with E-state index in [-0.39, 0.29) is 23.3 Å². The topological polar surface area (TPSA) is 58.6 Å². The molecule has 0 saturated carbocycles. The van der Waals surface area contributed by atoms with Gasteiger partial charge in [-0.15, -0.1) is 0 Å². The molecule has 110 valence electrons. The summed E-state index contributed by atoms with van der Waals surface area (Å²) in [5.74, 6) is -0.156. The fourth-order valence-corrected chi connectivity index (χ4v) is 2.56. The van der Waals surface area contributed by atoms with E-state index < -0.39 is 11.6 Å². The molecule has 1 heterocycles. The van der Waals surface area contributed by atoms with Gasteiger partial charge >= 0.3 is 0 Å². The lowest BCUT2D eigenvalue weighted by molar-refractivity contribution is -0.162. The largest absolute Gasteiger partial charge is 0.383 e. The summed E-state index contributed by atoms with van der Waals surface area (Å²) in [7, 11) is 1.60. The molecule has 2 unspecified atom stereocenters. The summed E-state index contributed by atoms with van der Waals surface area (Å²) in [5.41, 5.74) is -1.16. The van der Waals surface area contributed by atoms with E-state index in [1.165, 1.54) is 0 Å². The molecule has 0 aromatic carbocycles. The zero-order chi connectivity index (χ0) is 15.0. The lowest BCUT2D eigenvalue weighted by atomic mass is 9.81. The van der Waals surface area contributed by atoms with Crippen LogP contribution >= 0.6 is 0 Å². The molecule has 1 saturated heterocycles.